The number of hydrogen-bond donors (Lipinski definition) is 2. The molecule has 0 aromatic carbocycles. The molecule has 4 heteroatoms. The molecular weight excluding hydrogens is 196 g/mol. The van der Waals surface area contributed by atoms with Gasteiger partial charge < -0.3 is 5.73 Å². The fourth-order valence-electron chi connectivity index (χ4n) is 1.02. The maximum atomic E-state index is 10.5. The minimum absolute atomic E-state index is 0.193. The fourth-order valence-corrected chi connectivity index (χ4v) is 1.81. The van der Waals surface area contributed by atoms with E-state index in [-0.39, 0.29) is 12.5 Å². The molecule has 1 amide bonds. The van der Waals surface area contributed by atoms with E-state index in [1.165, 1.54) is 17.5 Å². The minimum Gasteiger partial charge on any atom is -0.369 e. The van der Waals surface area contributed by atoms with Crippen LogP contribution in [-0.2, 0) is 4.79 Å². The highest BCUT2D eigenvalue weighted by atomic mass is 32.2. The molecule has 1 aliphatic rings. The van der Waals surface area contributed by atoms with Crippen LogP contribution in [0.4, 0.5) is 0 Å². The summed E-state index contributed by atoms with van der Waals surface area (Å²) in [6, 6.07) is 0. The highest BCUT2D eigenvalue weighted by molar-refractivity contribution is 8.01. The van der Waals surface area contributed by atoms with Gasteiger partial charge in [0.05, 0.1) is 6.54 Å². The van der Waals surface area contributed by atoms with Crippen molar-refractivity contribution in [1.82, 2.24) is 4.72 Å². The molecule has 0 unspecified atom stereocenters. The van der Waals surface area contributed by atoms with Crippen LogP contribution in [0.15, 0.2) is 34.8 Å². The Kier molecular flexibility index (Phi) is 4.49. The Labute approximate surface area is 88.3 Å². The molecule has 1 rings (SSSR count). The molecule has 0 saturated heterocycles. The van der Waals surface area contributed by atoms with Crippen molar-refractivity contribution in [3.8, 4) is 0 Å². The highest BCUT2D eigenvalue weighted by Gasteiger charge is 1.99. The number of nitrogens with two attached hydrogens (primary N) is 1. The summed E-state index contributed by atoms with van der Waals surface area (Å²) in [5.41, 5.74) is 6.31. The average molecular weight is 210 g/mol. The van der Waals surface area contributed by atoms with Crippen LogP contribution in [0.2, 0.25) is 0 Å². The number of carbonyl (C=O) groups is 1. The first-order valence-electron chi connectivity index (χ1n) is 4.40. The van der Waals surface area contributed by atoms with Gasteiger partial charge in [0.15, 0.2) is 0 Å². The summed E-state index contributed by atoms with van der Waals surface area (Å²) in [6.07, 6.45) is 9.21. The predicted octanol–water partition coefficient (Wildman–Crippen LogP) is 1.50. The van der Waals surface area contributed by atoms with Crippen LogP contribution < -0.4 is 10.5 Å². The van der Waals surface area contributed by atoms with Crippen LogP contribution in [0.5, 0.6) is 0 Å². The molecule has 3 nitrogen and oxygen atoms in total. The monoisotopic (exact) mass is 210 g/mol. The fraction of sp³-hybridized carbons (Fsp3) is 0.300. The van der Waals surface area contributed by atoms with Crippen LogP contribution in [0.1, 0.15) is 13.3 Å². The zero-order valence-electron chi connectivity index (χ0n) is 8.12. The Hall–Kier alpha value is -1.00. The Morgan fingerprint density at radius 1 is 1.71 bits per heavy atom. The Balaban J connectivity index is 2.43. The summed E-state index contributed by atoms with van der Waals surface area (Å²) in [7, 11) is 0. The van der Waals surface area contributed by atoms with E-state index in [0.717, 1.165) is 11.3 Å². The molecule has 0 heterocycles. The number of carbonyl (C=O) groups excluding carboxylic acids is 1. The van der Waals surface area contributed by atoms with Crippen LogP contribution in [0, 0.1) is 0 Å². The van der Waals surface area contributed by atoms with Crippen molar-refractivity contribution < 1.29 is 4.79 Å². The zero-order chi connectivity index (χ0) is 10.4. The van der Waals surface area contributed by atoms with E-state index in [9.17, 15) is 4.79 Å². The van der Waals surface area contributed by atoms with Gasteiger partial charge in [-0.3, -0.25) is 9.52 Å². The van der Waals surface area contributed by atoms with Gasteiger partial charge in [0.2, 0.25) is 5.91 Å². The van der Waals surface area contributed by atoms with Crippen molar-refractivity contribution >= 4 is 17.9 Å². The van der Waals surface area contributed by atoms with Crippen molar-refractivity contribution in [3.63, 3.8) is 0 Å². The van der Waals surface area contributed by atoms with Crippen molar-refractivity contribution in [2.45, 2.75) is 13.3 Å². The maximum Gasteiger partial charge on any atom is 0.232 e. The largest absolute Gasteiger partial charge is 0.369 e. The Morgan fingerprint density at radius 2 is 2.50 bits per heavy atom. The number of amides is 1. The summed E-state index contributed by atoms with van der Waals surface area (Å²) in [4.78, 5) is 11.6. The Morgan fingerprint density at radius 3 is 3.21 bits per heavy atom. The van der Waals surface area contributed by atoms with Gasteiger partial charge in [-0.15, -0.1) is 0 Å². The predicted molar refractivity (Wildman–Crippen MR) is 60.4 cm³/mol. The van der Waals surface area contributed by atoms with Crippen LogP contribution in [0.25, 0.3) is 0 Å². The molecule has 0 aromatic heterocycles. The van der Waals surface area contributed by atoms with Gasteiger partial charge in [0.25, 0.3) is 0 Å². The quantitative estimate of drug-likeness (QED) is 0.691. The second kappa shape index (κ2) is 5.67. The summed E-state index contributed by atoms with van der Waals surface area (Å²) >= 11 is 1.43. The molecule has 3 N–H and O–H groups in total. The van der Waals surface area contributed by atoms with Crippen molar-refractivity contribution in [2.24, 2.45) is 5.73 Å². The third-order valence-electron chi connectivity index (χ3n) is 1.66. The lowest BCUT2D eigenvalue weighted by Gasteiger charge is -2.02. The van der Waals surface area contributed by atoms with Crippen molar-refractivity contribution in [2.75, 3.05) is 6.54 Å². The molecule has 1 aliphatic carbocycles. The van der Waals surface area contributed by atoms with Crippen LogP contribution in [0.3, 0.4) is 0 Å². The first kappa shape index (κ1) is 11.1. The summed E-state index contributed by atoms with van der Waals surface area (Å²) in [5.74, 6) is -0.344. The lowest BCUT2D eigenvalue weighted by atomic mass is 10.2. The smallest absolute Gasteiger partial charge is 0.232 e. The van der Waals surface area contributed by atoms with E-state index in [1.54, 1.807) is 0 Å². The second-order valence-electron chi connectivity index (χ2n) is 3.08. The lowest BCUT2D eigenvalue weighted by Crippen LogP contribution is -2.24. The summed E-state index contributed by atoms with van der Waals surface area (Å²) < 4.78 is 2.90. The molecule has 0 aliphatic heterocycles. The van der Waals surface area contributed by atoms with Gasteiger partial charge in [-0.1, -0.05) is 17.7 Å². The van der Waals surface area contributed by atoms with E-state index in [4.69, 9.17) is 5.73 Å². The second-order valence-corrected chi connectivity index (χ2v) is 4.05. The molecule has 0 bridgehead atoms. The molecule has 0 fully saturated rings. The molecule has 14 heavy (non-hydrogen) atoms. The lowest BCUT2D eigenvalue weighted by molar-refractivity contribution is -0.116. The molecule has 0 aromatic rings. The standard InChI is InChI=1S/C10H14N2OS/c1-8-4-2-3-5-9(6-8)14-12-7-10(11)13/h2-3,5-6,12H,4,7H2,1H3,(H2,11,13). The summed E-state index contributed by atoms with van der Waals surface area (Å²) in [5, 5.41) is 0. The number of primary amides is 1. The topological polar surface area (TPSA) is 55.1 Å². The van der Waals surface area contributed by atoms with Gasteiger partial charge in [-0.25, -0.2) is 0 Å². The van der Waals surface area contributed by atoms with Crippen molar-refractivity contribution in [1.29, 1.82) is 0 Å². The summed E-state index contributed by atoms with van der Waals surface area (Å²) in [6.45, 7) is 2.27. The van der Waals surface area contributed by atoms with Gasteiger partial charge in [0, 0.05) is 4.91 Å². The normalized spacial score (nSPS) is 15.8. The highest BCUT2D eigenvalue weighted by Crippen LogP contribution is 2.19. The van der Waals surface area contributed by atoms with Crippen LogP contribution in [-0.4, -0.2) is 12.5 Å². The molecule has 76 valence electrons. The molecule has 0 saturated carbocycles. The number of rotatable bonds is 4. The SMILES string of the molecule is CC1=CC(SNCC(N)=O)=CC=CC1. The Bertz CT molecular complexity index is 305. The van der Waals surface area contributed by atoms with E-state index < -0.39 is 0 Å². The molecular formula is C10H14N2OS. The third kappa shape index (κ3) is 4.30. The van der Waals surface area contributed by atoms with E-state index in [0.29, 0.717) is 0 Å². The number of nitrogens with one attached hydrogen (secondary N) is 1. The average Bonchev–Trinajstić information content (AvgIpc) is 2.29. The molecule has 0 radical (unpaired) electrons. The van der Waals surface area contributed by atoms with Gasteiger partial charge in [0.1, 0.15) is 0 Å². The van der Waals surface area contributed by atoms with Gasteiger partial charge >= 0.3 is 0 Å². The van der Waals surface area contributed by atoms with Gasteiger partial charge in [-0.05, 0) is 37.4 Å². The molecule has 0 spiro atoms. The van der Waals surface area contributed by atoms with E-state index in [2.05, 4.69) is 23.8 Å². The van der Waals surface area contributed by atoms with Crippen molar-refractivity contribution in [3.05, 3.63) is 34.8 Å². The van der Waals surface area contributed by atoms with E-state index in [1.807, 2.05) is 12.2 Å². The molecule has 0 atom stereocenters. The third-order valence-corrected chi connectivity index (χ3v) is 2.44. The van der Waals surface area contributed by atoms with Gasteiger partial charge in [-0.2, -0.15) is 0 Å². The maximum absolute atomic E-state index is 10.5. The number of hydrogen-bond acceptors (Lipinski definition) is 3. The minimum atomic E-state index is -0.344. The number of allylic oxidation sites excluding steroid dienone is 5. The van der Waals surface area contributed by atoms with E-state index >= 15 is 0 Å². The zero-order valence-corrected chi connectivity index (χ0v) is 8.93. The van der Waals surface area contributed by atoms with Crippen LogP contribution >= 0.6 is 11.9 Å². The first-order valence-corrected chi connectivity index (χ1v) is 5.22. The first-order chi connectivity index (χ1) is 6.68.